The smallest absolute Gasteiger partial charge is 0.284 e. The van der Waals surface area contributed by atoms with Crippen LogP contribution in [0.5, 0.6) is 0 Å². The van der Waals surface area contributed by atoms with Crippen LogP contribution in [0.2, 0.25) is 0 Å². The molecule has 0 heterocycles. The van der Waals surface area contributed by atoms with Crippen LogP contribution in [0.15, 0.2) is 12.7 Å². The summed E-state index contributed by atoms with van der Waals surface area (Å²) < 4.78 is 14.8. The summed E-state index contributed by atoms with van der Waals surface area (Å²) in [5.41, 5.74) is 0. The molecule has 0 fully saturated rings. The summed E-state index contributed by atoms with van der Waals surface area (Å²) in [7, 11) is 0.504. The van der Waals surface area contributed by atoms with E-state index in [0.29, 0.717) is 0 Å². The zero-order valence-electron chi connectivity index (χ0n) is 6.92. The molecule has 0 aromatic rings. The van der Waals surface area contributed by atoms with E-state index < -0.39 is 20.0 Å². The van der Waals surface area contributed by atoms with E-state index in [1.807, 2.05) is 6.92 Å². The Morgan fingerprint density at radius 2 is 1.60 bits per heavy atom. The van der Waals surface area contributed by atoms with Crippen molar-refractivity contribution in [3.05, 3.63) is 12.7 Å². The molecule has 0 unspecified atom stereocenters. The molecule has 0 saturated carbocycles. The molecule has 0 aliphatic rings. The van der Waals surface area contributed by atoms with E-state index in [2.05, 4.69) is 6.58 Å². The van der Waals surface area contributed by atoms with Gasteiger partial charge in [0.15, 0.2) is 0 Å². The van der Waals surface area contributed by atoms with Crippen LogP contribution in [0, 0.1) is 0 Å². The molecule has 0 N–H and O–H groups in total. The quantitative estimate of drug-likeness (QED) is 0.279. The van der Waals surface area contributed by atoms with E-state index in [0.717, 1.165) is 21.0 Å². The minimum atomic E-state index is -0.569. The van der Waals surface area contributed by atoms with Crippen molar-refractivity contribution in [1.82, 2.24) is 0 Å². The average Bonchev–Trinajstić information content (AvgIpc) is 1.91. The number of hydrogen-bond donors (Lipinski definition) is 0. The Labute approximate surface area is 73.4 Å². The summed E-state index contributed by atoms with van der Waals surface area (Å²) in [6.45, 7) is 5.25. The van der Waals surface area contributed by atoms with Crippen LogP contribution in [0.3, 0.4) is 0 Å². The van der Waals surface area contributed by atoms with Gasteiger partial charge >= 0.3 is 0 Å². The third-order valence-electron chi connectivity index (χ3n) is 0.402. The molecule has 0 aliphatic carbocycles. The zero-order chi connectivity index (χ0) is 8.24. The first-order valence-corrected chi connectivity index (χ1v) is 6.90. The number of rotatable bonds is 4. The minimum absolute atomic E-state index is 0.569. The van der Waals surface area contributed by atoms with Gasteiger partial charge in [-0.05, 0) is 6.92 Å². The molecule has 0 radical (unpaired) electrons. The number of allylic oxidation sites excluding steroid dienone is 1. The van der Waals surface area contributed by atoms with E-state index in [4.69, 9.17) is 12.3 Å². The van der Waals surface area contributed by atoms with Gasteiger partial charge in [-0.3, -0.25) is 0 Å². The maximum atomic E-state index is 5.03. The van der Waals surface area contributed by atoms with Crippen molar-refractivity contribution in [3.8, 4) is 0 Å². The van der Waals surface area contributed by atoms with Crippen LogP contribution in [-0.4, -0.2) is 41.0 Å². The molecule has 0 aromatic carbocycles. The topological polar surface area (TPSA) is 27.7 Å². The van der Waals surface area contributed by atoms with Gasteiger partial charge in [0.1, 0.15) is 21.0 Å². The highest BCUT2D eigenvalue weighted by molar-refractivity contribution is 6.40. The van der Waals surface area contributed by atoms with Crippen LogP contribution in [-0.2, 0) is 12.3 Å². The Kier molecular flexibility index (Phi) is 21.3. The Balaban J connectivity index is 0. The largest absolute Gasteiger partial charge is 0.449 e. The average molecular weight is 213 g/mol. The molecular formula is C3H16O3Si4. The summed E-state index contributed by atoms with van der Waals surface area (Å²) >= 11 is 0. The first-order chi connectivity index (χ1) is 4.83. The lowest BCUT2D eigenvalue weighted by Gasteiger charge is -1.97. The van der Waals surface area contributed by atoms with Crippen LogP contribution < -0.4 is 0 Å². The summed E-state index contributed by atoms with van der Waals surface area (Å²) in [6, 6.07) is 0. The number of hydrogen-bond acceptors (Lipinski definition) is 3. The molecule has 62 valence electrons. The minimum Gasteiger partial charge on any atom is -0.449 e. The van der Waals surface area contributed by atoms with Crippen LogP contribution in [0.25, 0.3) is 0 Å². The lowest BCUT2D eigenvalue weighted by Crippen LogP contribution is -2.08. The van der Waals surface area contributed by atoms with Crippen LogP contribution in [0.1, 0.15) is 6.92 Å². The van der Waals surface area contributed by atoms with Crippen molar-refractivity contribution >= 4 is 41.0 Å². The second kappa shape index (κ2) is 16.2. The monoisotopic (exact) mass is 212 g/mol. The predicted molar refractivity (Wildman–Crippen MR) is 56.1 cm³/mol. The third-order valence-corrected chi connectivity index (χ3v) is 3.62. The van der Waals surface area contributed by atoms with Crippen molar-refractivity contribution in [2.45, 2.75) is 6.92 Å². The second-order valence-electron chi connectivity index (χ2n) is 1.43. The molecule has 0 aliphatic heterocycles. The Morgan fingerprint density at radius 3 is 1.80 bits per heavy atom. The molecule has 0 aromatic heterocycles. The van der Waals surface area contributed by atoms with E-state index in [9.17, 15) is 0 Å². The first kappa shape index (κ1) is 13.1. The highest BCUT2D eigenvalue weighted by Gasteiger charge is 1.80. The third kappa shape index (κ3) is 23.6. The van der Waals surface area contributed by atoms with E-state index in [1.54, 1.807) is 6.08 Å². The second-order valence-corrected chi connectivity index (χ2v) is 8.15. The molecule has 0 rings (SSSR count). The molecule has 10 heavy (non-hydrogen) atoms. The van der Waals surface area contributed by atoms with Crippen molar-refractivity contribution in [2.75, 3.05) is 0 Å². The molecule has 0 saturated heterocycles. The summed E-state index contributed by atoms with van der Waals surface area (Å²) in [4.78, 5) is 0. The van der Waals surface area contributed by atoms with Crippen molar-refractivity contribution < 1.29 is 12.3 Å². The van der Waals surface area contributed by atoms with Gasteiger partial charge in [-0.1, -0.05) is 6.08 Å². The highest BCUT2D eigenvalue weighted by atomic mass is 28.4. The Morgan fingerprint density at radius 1 is 1.30 bits per heavy atom. The zero-order valence-corrected chi connectivity index (χ0v) is 13.8. The first-order valence-electron chi connectivity index (χ1n) is 2.96. The van der Waals surface area contributed by atoms with Crippen LogP contribution in [0.4, 0.5) is 0 Å². The molecule has 0 atom stereocenters. The summed E-state index contributed by atoms with van der Waals surface area (Å²) in [5.74, 6) is 0. The Bertz CT molecular complexity index is 57.7. The van der Waals surface area contributed by atoms with Crippen molar-refractivity contribution in [1.29, 1.82) is 0 Å². The van der Waals surface area contributed by atoms with Gasteiger partial charge in [0, 0.05) is 0 Å². The van der Waals surface area contributed by atoms with Gasteiger partial charge < -0.3 is 12.3 Å². The van der Waals surface area contributed by atoms with Gasteiger partial charge in [-0.15, -0.1) is 6.58 Å². The lowest BCUT2D eigenvalue weighted by molar-refractivity contribution is 0.443. The molecule has 0 spiro atoms. The van der Waals surface area contributed by atoms with E-state index in [-0.39, 0.29) is 0 Å². The van der Waals surface area contributed by atoms with Gasteiger partial charge in [-0.25, -0.2) is 0 Å². The van der Waals surface area contributed by atoms with E-state index >= 15 is 0 Å². The van der Waals surface area contributed by atoms with Crippen LogP contribution >= 0.6 is 0 Å². The predicted octanol–water partition coefficient (Wildman–Crippen LogP) is -3.21. The summed E-state index contributed by atoms with van der Waals surface area (Å²) in [6.07, 6.45) is 1.75. The van der Waals surface area contributed by atoms with Gasteiger partial charge in [0.2, 0.25) is 0 Å². The van der Waals surface area contributed by atoms with Crippen molar-refractivity contribution in [2.24, 2.45) is 0 Å². The fraction of sp³-hybridized carbons (Fsp3) is 0.333. The van der Waals surface area contributed by atoms with Gasteiger partial charge in [0.25, 0.3) is 20.0 Å². The van der Waals surface area contributed by atoms with Gasteiger partial charge in [-0.2, -0.15) is 0 Å². The molecule has 3 nitrogen and oxygen atoms in total. The van der Waals surface area contributed by atoms with E-state index in [1.165, 1.54) is 0 Å². The van der Waals surface area contributed by atoms with Gasteiger partial charge in [0.05, 0.1) is 0 Å². The Hall–Kier alpha value is 0.488. The molecule has 7 heteroatoms. The highest BCUT2D eigenvalue weighted by Crippen LogP contribution is 1.63. The maximum absolute atomic E-state index is 5.03. The fourth-order valence-corrected chi connectivity index (χ4v) is 4.81. The lowest BCUT2D eigenvalue weighted by atomic mass is 10.8. The van der Waals surface area contributed by atoms with Crippen molar-refractivity contribution in [3.63, 3.8) is 0 Å². The standard InChI is InChI=1S/C3H6.H10O3Si4/c1-3-2;4-1-6-3-7-2-5/h3H,1H2,2H3;6-7H2,4-5H3. The normalized spacial score (nSPS) is 10.9. The molecule has 0 amide bonds. The maximum Gasteiger partial charge on any atom is 0.284 e. The SMILES string of the molecule is C=CC.[SiH3]O[SiH2]O[SiH2]O[SiH3]. The molecule has 0 bridgehead atoms. The summed E-state index contributed by atoms with van der Waals surface area (Å²) in [5, 5.41) is 0. The fourth-order valence-electron chi connectivity index (χ4n) is 0.201. The molecular weight excluding hydrogens is 196 g/mol.